The number of aliphatic carboxylic acids is 2. The van der Waals surface area contributed by atoms with E-state index < -0.39 is 29.2 Å². The van der Waals surface area contributed by atoms with Gasteiger partial charge < -0.3 is 10.2 Å². The van der Waals surface area contributed by atoms with Gasteiger partial charge in [0.2, 0.25) is 0 Å². The molecule has 72 valence electrons. The molecule has 5 heteroatoms. The van der Waals surface area contributed by atoms with Crippen molar-refractivity contribution in [2.45, 2.75) is 13.8 Å². The zero-order valence-electron chi connectivity index (χ0n) is 7.27. The van der Waals surface area contributed by atoms with Crippen LogP contribution in [-0.2, 0) is 14.4 Å². The van der Waals surface area contributed by atoms with Crippen LogP contribution in [0.5, 0.6) is 0 Å². The minimum Gasteiger partial charge on any atom is -0.480 e. The maximum absolute atomic E-state index is 10.9. The zero-order chi connectivity index (χ0) is 10.4. The minimum absolute atomic E-state index is 0.377. The molecule has 0 radical (unpaired) electrons. The molecule has 0 aromatic rings. The third kappa shape index (κ3) is 0.961. The Labute approximate surface area is 74.4 Å². The lowest BCUT2D eigenvalue weighted by Gasteiger charge is -2.04. The third-order valence-electron chi connectivity index (χ3n) is 2.75. The largest absolute Gasteiger partial charge is 0.480 e. The SMILES string of the molecule is CC(=O)[C@@H]1[C@@H](C)C1(C(=O)O)C(=O)O. The summed E-state index contributed by atoms with van der Waals surface area (Å²) in [4.78, 5) is 32.3. The molecule has 1 fully saturated rings. The van der Waals surface area contributed by atoms with Crippen LogP contribution in [0.15, 0.2) is 0 Å². The smallest absolute Gasteiger partial charge is 0.322 e. The number of Topliss-reactive ketones (excluding diaryl/α,β-unsaturated/α-hetero) is 1. The predicted molar refractivity (Wildman–Crippen MR) is 41.0 cm³/mol. The van der Waals surface area contributed by atoms with Crippen molar-refractivity contribution in [2.24, 2.45) is 17.3 Å². The fourth-order valence-corrected chi connectivity index (χ4v) is 1.98. The Bertz CT molecular complexity index is 279. The molecule has 1 saturated carbocycles. The summed E-state index contributed by atoms with van der Waals surface area (Å²) in [6.07, 6.45) is 0. The molecule has 1 aliphatic rings. The molecule has 1 aliphatic carbocycles. The fourth-order valence-electron chi connectivity index (χ4n) is 1.98. The highest BCUT2D eigenvalue weighted by molar-refractivity contribution is 6.09. The van der Waals surface area contributed by atoms with E-state index in [4.69, 9.17) is 10.2 Å². The molecule has 0 bridgehead atoms. The molecule has 0 aromatic carbocycles. The number of ketones is 1. The van der Waals surface area contributed by atoms with Crippen molar-refractivity contribution < 1.29 is 24.6 Å². The minimum atomic E-state index is -1.87. The number of carboxylic acids is 2. The van der Waals surface area contributed by atoms with Gasteiger partial charge >= 0.3 is 11.9 Å². The van der Waals surface area contributed by atoms with Crippen LogP contribution in [0.1, 0.15) is 13.8 Å². The molecule has 0 saturated heterocycles. The summed E-state index contributed by atoms with van der Waals surface area (Å²) in [6.45, 7) is 2.68. The van der Waals surface area contributed by atoms with E-state index in [-0.39, 0.29) is 5.78 Å². The van der Waals surface area contributed by atoms with Crippen LogP contribution in [0, 0.1) is 17.3 Å². The molecule has 2 atom stereocenters. The van der Waals surface area contributed by atoms with E-state index >= 15 is 0 Å². The second-order valence-electron chi connectivity index (χ2n) is 3.36. The Kier molecular flexibility index (Phi) is 1.90. The van der Waals surface area contributed by atoms with E-state index in [0.29, 0.717) is 0 Å². The van der Waals surface area contributed by atoms with Crippen molar-refractivity contribution in [2.75, 3.05) is 0 Å². The molecule has 0 heterocycles. The van der Waals surface area contributed by atoms with Gasteiger partial charge in [0.05, 0.1) is 0 Å². The second-order valence-corrected chi connectivity index (χ2v) is 3.36. The summed E-state index contributed by atoms with van der Waals surface area (Å²) in [5.41, 5.74) is -1.87. The molecule has 1 rings (SSSR count). The van der Waals surface area contributed by atoms with Gasteiger partial charge in [-0.3, -0.25) is 14.4 Å². The van der Waals surface area contributed by atoms with Crippen LogP contribution in [0.2, 0.25) is 0 Å². The van der Waals surface area contributed by atoms with Crippen LogP contribution in [0.4, 0.5) is 0 Å². The Morgan fingerprint density at radius 2 is 1.54 bits per heavy atom. The number of carboxylic acid groups (broad SMARTS) is 2. The first-order chi connectivity index (χ1) is 5.86. The zero-order valence-corrected chi connectivity index (χ0v) is 7.27. The highest BCUT2D eigenvalue weighted by Crippen LogP contribution is 2.59. The monoisotopic (exact) mass is 186 g/mol. The van der Waals surface area contributed by atoms with Crippen LogP contribution < -0.4 is 0 Å². The number of hydrogen-bond acceptors (Lipinski definition) is 3. The Hall–Kier alpha value is -1.39. The van der Waals surface area contributed by atoms with Gasteiger partial charge in [0.15, 0.2) is 5.41 Å². The standard InChI is InChI=1S/C8H10O5/c1-3-5(4(2)9)8(3,6(10)11)7(12)13/h3,5H,1-2H3,(H,10,11)(H,12,13)/t3-,5+/m1/s1. The molecule has 0 spiro atoms. The Morgan fingerprint density at radius 3 is 1.62 bits per heavy atom. The van der Waals surface area contributed by atoms with E-state index in [0.717, 1.165) is 0 Å². The average molecular weight is 186 g/mol. The average Bonchev–Trinajstić information content (AvgIpc) is 2.56. The van der Waals surface area contributed by atoms with Crippen molar-refractivity contribution in [3.63, 3.8) is 0 Å². The summed E-state index contributed by atoms with van der Waals surface area (Å²) in [7, 11) is 0. The van der Waals surface area contributed by atoms with Crippen molar-refractivity contribution in [1.29, 1.82) is 0 Å². The van der Waals surface area contributed by atoms with E-state index in [2.05, 4.69) is 0 Å². The van der Waals surface area contributed by atoms with Gasteiger partial charge in [-0.05, 0) is 12.8 Å². The Balaban J connectivity index is 3.06. The number of rotatable bonds is 3. The van der Waals surface area contributed by atoms with Crippen molar-refractivity contribution in [3.8, 4) is 0 Å². The first-order valence-electron chi connectivity index (χ1n) is 3.84. The lowest BCUT2D eigenvalue weighted by atomic mass is 10.0. The molecule has 0 unspecified atom stereocenters. The first-order valence-corrected chi connectivity index (χ1v) is 3.84. The molecular formula is C8H10O5. The fraction of sp³-hybridized carbons (Fsp3) is 0.625. The molecule has 2 N–H and O–H groups in total. The van der Waals surface area contributed by atoms with Crippen molar-refractivity contribution in [1.82, 2.24) is 0 Å². The molecular weight excluding hydrogens is 176 g/mol. The van der Waals surface area contributed by atoms with Gasteiger partial charge in [0.25, 0.3) is 0 Å². The number of hydrogen-bond donors (Lipinski definition) is 2. The lowest BCUT2D eigenvalue weighted by Crippen LogP contribution is -2.30. The van der Waals surface area contributed by atoms with E-state index in [1.807, 2.05) is 0 Å². The molecule has 0 aromatic heterocycles. The van der Waals surface area contributed by atoms with Gasteiger partial charge in [0, 0.05) is 5.92 Å². The van der Waals surface area contributed by atoms with E-state index in [9.17, 15) is 14.4 Å². The number of carbonyl (C=O) groups excluding carboxylic acids is 1. The molecule has 13 heavy (non-hydrogen) atoms. The van der Waals surface area contributed by atoms with Crippen molar-refractivity contribution in [3.05, 3.63) is 0 Å². The summed E-state index contributed by atoms with van der Waals surface area (Å²) >= 11 is 0. The van der Waals surface area contributed by atoms with Gasteiger partial charge in [-0.15, -0.1) is 0 Å². The summed E-state index contributed by atoms with van der Waals surface area (Å²) < 4.78 is 0. The molecule has 0 amide bonds. The Morgan fingerprint density at radius 1 is 1.15 bits per heavy atom. The maximum atomic E-state index is 10.9. The van der Waals surface area contributed by atoms with Crippen LogP contribution in [0.25, 0.3) is 0 Å². The van der Waals surface area contributed by atoms with Crippen molar-refractivity contribution >= 4 is 17.7 Å². The highest BCUT2D eigenvalue weighted by atomic mass is 16.4. The number of carbonyl (C=O) groups is 3. The molecule has 5 nitrogen and oxygen atoms in total. The van der Waals surface area contributed by atoms with Crippen LogP contribution in [-0.4, -0.2) is 27.9 Å². The summed E-state index contributed by atoms with van der Waals surface area (Å²) in [5, 5.41) is 17.5. The second kappa shape index (κ2) is 2.55. The third-order valence-corrected chi connectivity index (χ3v) is 2.75. The van der Waals surface area contributed by atoms with E-state index in [1.165, 1.54) is 13.8 Å². The van der Waals surface area contributed by atoms with E-state index in [1.54, 1.807) is 0 Å². The van der Waals surface area contributed by atoms with Crippen LogP contribution >= 0.6 is 0 Å². The normalized spacial score (nSPS) is 29.4. The molecule has 0 aliphatic heterocycles. The van der Waals surface area contributed by atoms with Crippen LogP contribution in [0.3, 0.4) is 0 Å². The van der Waals surface area contributed by atoms with Gasteiger partial charge in [0.1, 0.15) is 5.78 Å². The van der Waals surface area contributed by atoms with Gasteiger partial charge in [-0.1, -0.05) is 6.92 Å². The lowest BCUT2D eigenvalue weighted by molar-refractivity contribution is -0.159. The van der Waals surface area contributed by atoms with Gasteiger partial charge in [-0.25, -0.2) is 0 Å². The van der Waals surface area contributed by atoms with Gasteiger partial charge in [-0.2, -0.15) is 0 Å². The summed E-state index contributed by atoms with van der Waals surface area (Å²) in [6, 6.07) is 0. The summed E-state index contributed by atoms with van der Waals surface area (Å²) in [5.74, 6) is -4.71. The highest BCUT2D eigenvalue weighted by Gasteiger charge is 2.75. The first kappa shape index (κ1) is 9.70. The topological polar surface area (TPSA) is 91.7 Å². The quantitative estimate of drug-likeness (QED) is 0.605. The predicted octanol–water partition coefficient (Wildman–Crippen LogP) is -0.00310. The maximum Gasteiger partial charge on any atom is 0.322 e.